The second-order valence-electron chi connectivity index (χ2n) is 6.94. The minimum atomic E-state index is -0.0792. The third-order valence-corrected chi connectivity index (χ3v) is 5.14. The number of aromatic nitrogens is 1. The summed E-state index contributed by atoms with van der Waals surface area (Å²) in [5.74, 6) is 1.33. The van der Waals surface area contributed by atoms with Crippen molar-refractivity contribution >= 4 is 29.2 Å². The lowest BCUT2D eigenvalue weighted by molar-refractivity contribution is -0.121. The molecule has 1 unspecified atom stereocenters. The summed E-state index contributed by atoms with van der Waals surface area (Å²) in [5.41, 5.74) is 3.16. The summed E-state index contributed by atoms with van der Waals surface area (Å²) in [5, 5.41) is 7.31. The maximum atomic E-state index is 12.4. The van der Waals surface area contributed by atoms with Crippen molar-refractivity contribution in [2.45, 2.75) is 18.8 Å². The average molecular weight is 432 g/mol. The van der Waals surface area contributed by atoms with E-state index in [1.54, 1.807) is 14.2 Å². The van der Waals surface area contributed by atoms with E-state index in [9.17, 15) is 4.79 Å². The maximum absolute atomic E-state index is 12.4. The van der Waals surface area contributed by atoms with Gasteiger partial charge in [-0.25, -0.2) is 0 Å². The Balaban J connectivity index is 0.00000320. The molecule has 3 aromatic rings. The molecule has 2 aromatic carbocycles. The molecule has 1 atom stereocenters. The van der Waals surface area contributed by atoms with Gasteiger partial charge in [-0.3, -0.25) is 4.79 Å². The second kappa shape index (κ2) is 11.5. The number of ether oxygens (including phenoxy) is 2. The molecule has 0 bridgehead atoms. The number of carbonyl (C=O) groups excluding carboxylic acids is 1. The molecule has 1 heterocycles. The van der Waals surface area contributed by atoms with Gasteiger partial charge in [-0.05, 0) is 37.7 Å². The summed E-state index contributed by atoms with van der Waals surface area (Å²) in [6.45, 7) is 1.30. The van der Waals surface area contributed by atoms with Crippen LogP contribution < -0.4 is 20.1 Å². The van der Waals surface area contributed by atoms with Crippen LogP contribution in [0.2, 0.25) is 0 Å². The van der Waals surface area contributed by atoms with Crippen molar-refractivity contribution in [1.82, 2.24) is 15.6 Å². The highest BCUT2D eigenvalue weighted by Gasteiger charge is 2.24. The van der Waals surface area contributed by atoms with Crippen molar-refractivity contribution in [2.24, 2.45) is 0 Å². The van der Waals surface area contributed by atoms with Gasteiger partial charge >= 0.3 is 0 Å². The fourth-order valence-corrected chi connectivity index (χ4v) is 3.69. The minimum absolute atomic E-state index is 0. The Hall–Kier alpha value is -2.70. The molecule has 6 nitrogen and oxygen atoms in total. The SMILES string of the molecule is CNCCCC(=O)NCC(c1cccc(OC)c1OC)c1c[nH]c2ccccc12.Cl. The average Bonchev–Trinajstić information content (AvgIpc) is 3.18. The molecule has 0 saturated heterocycles. The van der Waals surface area contributed by atoms with E-state index in [4.69, 9.17) is 9.47 Å². The van der Waals surface area contributed by atoms with Gasteiger partial charge in [0, 0.05) is 41.5 Å². The number of hydrogen-bond acceptors (Lipinski definition) is 4. The summed E-state index contributed by atoms with van der Waals surface area (Å²) < 4.78 is 11.2. The molecule has 3 N–H and O–H groups in total. The van der Waals surface area contributed by atoms with Crippen molar-refractivity contribution in [3.63, 3.8) is 0 Å². The molecule has 0 spiro atoms. The van der Waals surface area contributed by atoms with E-state index < -0.39 is 0 Å². The van der Waals surface area contributed by atoms with Gasteiger partial charge in [0.15, 0.2) is 11.5 Å². The number of carbonyl (C=O) groups is 1. The van der Waals surface area contributed by atoms with E-state index in [0.29, 0.717) is 24.5 Å². The predicted octanol–water partition coefficient (Wildman–Crippen LogP) is 3.85. The van der Waals surface area contributed by atoms with Crippen molar-refractivity contribution in [3.8, 4) is 11.5 Å². The fourth-order valence-electron chi connectivity index (χ4n) is 3.69. The van der Waals surface area contributed by atoms with Gasteiger partial charge in [0.25, 0.3) is 0 Å². The number of para-hydroxylation sites is 2. The number of fused-ring (bicyclic) bond motifs is 1. The van der Waals surface area contributed by atoms with Gasteiger partial charge in [0.1, 0.15) is 0 Å². The normalized spacial score (nSPS) is 11.6. The highest BCUT2D eigenvalue weighted by Crippen LogP contribution is 2.40. The number of rotatable bonds is 10. The van der Waals surface area contributed by atoms with Crippen molar-refractivity contribution in [1.29, 1.82) is 0 Å². The predicted molar refractivity (Wildman–Crippen MR) is 123 cm³/mol. The smallest absolute Gasteiger partial charge is 0.220 e. The number of nitrogens with one attached hydrogen (secondary N) is 3. The zero-order valence-corrected chi connectivity index (χ0v) is 18.5. The number of aromatic amines is 1. The lowest BCUT2D eigenvalue weighted by Crippen LogP contribution is -2.29. The number of H-pyrrole nitrogens is 1. The van der Waals surface area contributed by atoms with E-state index in [1.165, 1.54) is 0 Å². The van der Waals surface area contributed by atoms with E-state index in [2.05, 4.69) is 27.8 Å². The minimum Gasteiger partial charge on any atom is -0.493 e. The molecular formula is C23H30ClN3O3. The number of halogens is 1. The molecule has 3 rings (SSSR count). The van der Waals surface area contributed by atoms with Crippen LogP contribution in [-0.2, 0) is 4.79 Å². The quantitative estimate of drug-likeness (QED) is 0.426. The van der Waals surface area contributed by atoms with Gasteiger partial charge in [0.2, 0.25) is 5.91 Å². The molecule has 0 saturated carbocycles. The highest BCUT2D eigenvalue weighted by atomic mass is 35.5. The van der Waals surface area contributed by atoms with Crippen molar-refractivity contribution < 1.29 is 14.3 Å². The molecule has 0 aliphatic heterocycles. The monoisotopic (exact) mass is 431 g/mol. The fraction of sp³-hybridized carbons (Fsp3) is 0.348. The zero-order valence-electron chi connectivity index (χ0n) is 17.7. The third kappa shape index (κ3) is 5.26. The first-order chi connectivity index (χ1) is 14.2. The Labute approximate surface area is 183 Å². The van der Waals surface area contributed by atoms with Crippen LogP contribution in [-0.4, -0.2) is 45.2 Å². The van der Waals surface area contributed by atoms with Crippen LogP contribution >= 0.6 is 12.4 Å². The largest absolute Gasteiger partial charge is 0.493 e. The number of amides is 1. The standard InChI is InChI=1S/C23H29N3O3.ClH/c1-24-13-7-12-22(27)26-15-19(17-9-6-11-21(28-2)23(17)29-3)18-14-25-20-10-5-4-8-16(18)20;/h4-6,8-11,14,19,24-25H,7,12-13,15H2,1-3H3,(H,26,27);1H. The number of hydrogen-bond donors (Lipinski definition) is 3. The summed E-state index contributed by atoms with van der Waals surface area (Å²) in [6.07, 6.45) is 3.32. The van der Waals surface area contributed by atoms with Gasteiger partial charge in [-0.15, -0.1) is 12.4 Å². The summed E-state index contributed by atoms with van der Waals surface area (Å²) in [7, 11) is 5.16. The molecule has 162 valence electrons. The van der Waals surface area contributed by atoms with Crippen molar-refractivity contribution in [2.75, 3.05) is 34.4 Å². The molecule has 1 amide bonds. The maximum Gasteiger partial charge on any atom is 0.220 e. The van der Waals surface area contributed by atoms with Crippen LogP contribution in [0.25, 0.3) is 10.9 Å². The van der Waals surface area contributed by atoms with Crippen LogP contribution in [0.15, 0.2) is 48.7 Å². The Kier molecular flexibility index (Phi) is 9.02. The molecular weight excluding hydrogens is 402 g/mol. The van der Waals surface area contributed by atoms with Crippen LogP contribution in [0, 0.1) is 0 Å². The van der Waals surface area contributed by atoms with Crippen molar-refractivity contribution in [3.05, 3.63) is 59.8 Å². The number of methoxy groups -OCH3 is 2. The van der Waals surface area contributed by atoms with Gasteiger partial charge < -0.3 is 25.1 Å². The van der Waals surface area contributed by atoms with Crippen LogP contribution in [0.1, 0.15) is 29.9 Å². The molecule has 0 fully saturated rings. The van der Waals surface area contributed by atoms with E-state index in [0.717, 1.165) is 35.0 Å². The Morgan fingerprint density at radius 3 is 2.60 bits per heavy atom. The molecule has 7 heteroatoms. The van der Waals surface area contributed by atoms with Crippen LogP contribution in [0.4, 0.5) is 0 Å². The molecule has 0 aliphatic rings. The van der Waals surface area contributed by atoms with Gasteiger partial charge in [-0.1, -0.05) is 30.3 Å². The Morgan fingerprint density at radius 2 is 1.87 bits per heavy atom. The van der Waals surface area contributed by atoms with E-state index in [-0.39, 0.29) is 24.2 Å². The molecule has 0 aliphatic carbocycles. The van der Waals surface area contributed by atoms with Gasteiger partial charge in [0.05, 0.1) is 14.2 Å². The summed E-state index contributed by atoms with van der Waals surface area (Å²) in [4.78, 5) is 15.7. The first kappa shape index (κ1) is 23.6. The molecule has 1 aromatic heterocycles. The zero-order chi connectivity index (χ0) is 20.6. The Morgan fingerprint density at radius 1 is 1.07 bits per heavy atom. The van der Waals surface area contributed by atoms with Gasteiger partial charge in [-0.2, -0.15) is 0 Å². The van der Waals surface area contributed by atoms with E-state index >= 15 is 0 Å². The Bertz CT molecular complexity index is 958. The third-order valence-electron chi connectivity index (χ3n) is 5.14. The molecule has 0 radical (unpaired) electrons. The molecule has 30 heavy (non-hydrogen) atoms. The van der Waals surface area contributed by atoms with E-state index in [1.807, 2.05) is 43.6 Å². The first-order valence-electron chi connectivity index (χ1n) is 9.87. The lowest BCUT2D eigenvalue weighted by Gasteiger charge is -2.22. The summed E-state index contributed by atoms with van der Waals surface area (Å²) in [6, 6.07) is 14.0. The number of benzene rings is 2. The highest BCUT2D eigenvalue weighted by molar-refractivity contribution is 5.85. The second-order valence-corrected chi connectivity index (χ2v) is 6.94. The first-order valence-corrected chi connectivity index (χ1v) is 9.87. The van der Waals surface area contributed by atoms with Crippen LogP contribution in [0.3, 0.4) is 0 Å². The van der Waals surface area contributed by atoms with Crippen LogP contribution in [0.5, 0.6) is 11.5 Å². The topological polar surface area (TPSA) is 75.4 Å². The summed E-state index contributed by atoms with van der Waals surface area (Å²) >= 11 is 0. The lowest BCUT2D eigenvalue weighted by atomic mass is 9.89.